The average molecular weight is 399 g/mol. The average Bonchev–Trinajstić information content (AvgIpc) is 3.05. The summed E-state index contributed by atoms with van der Waals surface area (Å²) in [7, 11) is 0. The van der Waals surface area contributed by atoms with Gasteiger partial charge in [0.1, 0.15) is 0 Å². The van der Waals surface area contributed by atoms with Crippen LogP contribution in [0, 0.1) is 0 Å². The maximum atomic E-state index is 12.2. The van der Waals surface area contributed by atoms with Crippen LogP contribution in [0.5, 0.6) is 0 Å². The van der Waals surface area contributed by atoms with Crippen LogP contribution in [-0.4, -0.2) is 98.8 Å². The Kier molecular flexibility index (Phi) is 13.9. The number of likely N-dealkylation sites (N-methyl/N-ethyl adjacent to an activating group) is 1. The normalized spacial score (nSPS) is 21.1. The van der Waals surface area contributed by atoms with Crippen molar-refractivity contribution in [1.82, 2.24) is 20.0 Å². The third-order valence-electron chi connectivity index (χ3n) is 5.00. The molecule has 2 aliphatic heterocycles. The summed E-state index contributed by atoms with van der Waals surface area (Å²) in [6, 6.07) is 0. The maximum absolute atomic E-state index is 12.2. The van der Waals surface area contributed by atoms with Crippen molar-refractivity contribution in [2.24, 2.45) is 0 Å². The molecule has 0 spiro atoms. The molecule has 150 valence electrons. The van der Waals surface area contributed by atoms with Crippen molar-refractivity contribution < 1.29 is 9.53 Å². The number of rotatable bonds is 9. The van der Waals surface area contributed by atoms with Gasteiger partial charge in [0.15, 0.2) is 0 Å². The fourth-order valence-electron chi connectivity index (χ4n) is 3.35. The summed E-state index contributed by atoms with van der Waals surface area (Å²) in [5.74, 6) is 0.303. The van der Waals surface area contributed by atoms with E-state index in [0.717, 1.165) is 78.5 Å². The van der Waals surface area contributed by atoms with E-state index in [4.69, 9.17) is 4.74 Å². The van der Waals surface area contributed by atoms with E-state index in [2.05, 4.69) is 29.0 Å². The van der Waals surface area contributed by atoms with E-state index in [1.54, 1.807) is 0 Å². The predicted octanol–water partition coefficient (Wildman–Crippen LogP) is 1.08. The number of nitrogens with one attached hydrogen (secondary N) is 1. The molecule has 0 aromatic rings. The number of likely N-dealkylation sites (tertiary alicyclic amines) is 1. The number of halogens is 2. The standard InChI is InChI=1S/C17H34N4O2.2ClH/c1-3-19(4-2)13-14-23-16-5-9-20(15-16)10-6-17(22)21-11-7-18-8-12-21;;/h16,18H,3-15H2,1-2H3;2*1H. The molecule has 0 aromatic carbocycles. The number of carbonyl (C=O) groups is 1. The first-order valence-corrected chi connectivity index (χ1v) is 9.27. The highest BCUT2D eigenvalue weighted by Crippen LogP contribution is 2.13. The smallest absolute Gasteiger partial charge is 0.223 e. The van der Waals surface area contributed by atoms with Crippen molar-refractivity contribution in [3.63, 3.8) is 0 Å². The molecule has 0 saturated carbocycles. The first-order valence-electron chi connectivity index (χ1n) is 9.27. The molecule has 2 heterocycles. The lowest BCUT2D eigenvalue weighted by molar-refractivity contribution is -0.132. The van der Waals surface area contributed by atoms with Crippen molar-refractivity contribution in [3.05, 3.63) is 0 Å². The monoisotopic (exact) mass is 398 g/mol. The summed E-state index contributed by atoms with van der Waals surface area (Å²) in [4.78, 5) is 18.9. The lowest BCUT2D eigenvalue weighted by atomic mass is 10.3. The number of carbonyl (C=O) groups excluding carboxylic acids is 1. The molecule has 0 aliphatic carbocycles. The highest BCUT2D eigenvalue weighted by atomic mass is 35.5. The molecule has 1 unspecified atom stereocenters. The Morgan fingerprint density at radius 2 is 1.84 bits per heavy atom. The molecule has 6 nitrogen and oxygen atoms in total. The first kappa shape index (κ1) is 24.9. The summed E-state index contributed by atoms with van der Waals surface area (Å²) in [6.07, 6.45) is 2.09. The van der Waals surface area contributed by atoms with E-state index in [0.29, 0.717) is 18.4 Å². The largest absolute Gasteiger partial charge is 0.376 e. The molecule has 25 heavy (non-hydrogen) atoms. The van der Waals surface area contributed by atoms with Gasteiger partial charge in [0.25, 0.3) is 0 Å². The van der Waals surface area contributed by atoms with Gasteiger partial charge in [-0.1, -0.05) is 13.8 Å². The highest BCUT2D eigenvalue weighted by molar-refractivity contribution is 5.85. The highest BCUT2D eigenvalue weighted by Gasteiger charge is 2.24. The van der Waals surface area contributed by atoms with Crippen LogP contribution in [0.3, 0.4) is 0 Å². The van der Waals surface area contributed by atoms with E-state index < -0.39 is 0 Å². The zero-order valence-electron chi connectivity index (χ0n) is 15.7. The van der Waals surface area contributed by atoms with Gasteiger partial charge in [0, 0.05) is 58.8 Å². The van der Waals surface area contributed by atoms with Crippen LogP contribution in [0.4, 0.5) is 0 Å². The van der Waals surface area contributed by atoms with E-state index in [1.807, 2.05) is 4.90 Å². The topological polar surface area (TPSA) is 48.1 Å². The SMILES string of the molecule is CCN(CC)CCOC1CCN(CCC(=O)N2CCNCC2)C1.Cl.Cl. The first-order chi connectivity index (χ1) is 11.2. The molecular formula is C17H36Cl2N4O2. The van der Waals surface area contributed by atoms with E-state index in [1.165, 1.54) is 0 Å². The second-order valence-corrected chi connectivity index (χ2v) is 6.49. The maximum Gasteiger partial charge on any atom is 0.223 e. The number of ether oxygens (including phenoxy) is 1. The number of nitrogens with zero attached hydrogens (tertiary/aromatic N) is 3. The van der Waals surface area contributed by atoms with Crippen LogP contribution in [0.25, 0.3) is 0 Å². The van der Waals surface area contributed by atoms with Gasteiger partial charge < -0.3 is 24.8 Å². The molecule has 2 rings (SSSR count). The molecule has 2 aliphatic rings. The van der Waals surface area contributed by atoms with Gasteiger partial charge in [-0.15, -0.1) is 24.8 Å². The minimum atomic E-state index is 0. The van der Waals surface area contributed by atoms with Gasteiger partial charge in [-0.3, -0.25) is 4.79 Å². The van der Waals surface area contributed by atoms with Crippen LogP contribution in [0.1, 0.15) is 26.7 Å². The van der Waals surface area contributed by atoms with Crippen LogP contribution in [-0.2, 0) is 9.53 Å². The zero-order chi connectivity index (χ0) is 16.5. The van der Waals surface area contributed by atoms with Gasteiger partial charge >= 0.3 is 0 Å². The minimum absolute atomic E-state index is 0. The second kappa shape index (κ2) is 14.0. The Balaban J connectivity index is 0.00000288. The van der Waals surface area contributed by atoms with Crippen LogP contribution < -0.4 is 5.32 Å². The third-order valence-corrected chi connectivity index (χ3v) is 5.00. The molecule has 0 bridgehead atoms. The number of hydrogen-bond donors (Lipinski definition) is 1. The van der Waals surface area contributed by atoms with Crippen molar-refractivity contribution >= 4 is 30.7 Å². The summed E-state index contributed by atoms with van der Waals surface area (Å²) < 4.78 is 6.00. The Labute approximate surface area is 165 Å². The quantitative estimate of drug-likeness (QED) is 0.629. The Morgan fingerprint density at radius 3 is 2.48 bits per heavy atom. The van der Waals surface area contributed by atoms with Crippen LogP contribution in [0.2, 0.25) is 0 Å². The van der Waals surface area contributed by atoms with Gasteiger partial charge in [-0.05, 0) is 19.5 Å². The molecule has 2 fully saturated rings. The number of hydrogen-bond acceptors (Lipinski definition) is 5. The van der Waals surface area contributed by atoms with Gasteiger partial charge in [-0.25, -0.2) is 0 Å². The molecular weight excluding hydrogens is 363 g/mol. The molecule has 2 saturated heterocycles. The lowest BCUT2D eigenvalue weighted by Crippen LogP contribution is -2.47. The van der Waals surface area contributed by atoms with Gasteiger partial charge in [0.2, 0.25) is 5.91 Å². The molecule has 0 radical (unpaired) electrons. The molecule has 8 heteroatoms. The number of piperazine rings is 1. The van der Waals surface area contributed by atoms with Crippen LogP contribution in [0.15, 0.2) is 0 Å². The van der Waals surface area contributed by atoms with Crippen LogP contribution >= 0.6 is 24.8 Å². The fraction of sp³-hybridized carbons (Fsp3) is 0.941. The van der Waals surface area contributed by atoms with Crippen molar-refractivity contribution in [2.75, 3.05) is 72.1 Å². The van der Waals surface area contributed by atoms with Crippen molar-refractivity contribution in [3.8, 4) is 0 Å². The fourth-order valence-corrected chi connectivity index (χ4v) is 3.35. The second-order valence-electron chi connectivity index (χ2n) is 6.49. The Morgan fingerprint density at radius 1 is 1.16 bits per heavy atom. The van der Waals surface area contributed by atoms with E-state index in [9.17, 15) is 4.79 Å². The Bertz CT molecular complexity index is 354. The third kappa shape index (κ3) is 8.89. The van der Waals surface area contributed by atoms with Crippen molar-refractivity contribution in [1.29, 1.82) is 0 Å². The molecule has 0 aromatic heterocycles. The summed E-state index contributed by atoms with van der Waals surface area (Å²) >= 11 is 0. The minimum Gasteiger partial charge on any atom is -0.376 e. The molecule has 1 atom stereocenters. The Hall–Kier alpha value is -0.110. The zero-order valence-corrected chi connectivity index (χ0v) is 17.4. The van der Waals surface area contributed by atoms with E-state index in [-0.39, 0.29) is 24.8 Å². The molecule has 1 N–H and O–H groups in total. The van der Waals surface area contributed by atoms with Gasteiger partial charge in [0.05, 0.1) is 12.7 Å². The summed E-state index contributed by atoms with van der Waals surface area (Å²) in [5, 5.41) is 3.28. The molecule has 1 amide bonds. The summed E-state index contributed by atoms with van der Waals surface area (Å²) in [5.41, 5.74) is 0. The van der Waals surface area contributed by atoms with Crippen molar-refractivity contribution in [2.45, 2.75) is 32.8 Å². The summed E-state index contributed by atoms with van der Waals surface area (Å²) in [6.45, 7) is 14.9. The predicted molar refractivity (Wildman–Crippen MR) is 107 cm³/mol. The van der Waals surface area contributed by atoms with E-state index >= 15 is 0 Å². The van der Waals surface area contributed by atoms with Gasteiger partial charge in [-0.2, -0.15) is 0 Å². The lowest BCUT2D eigenvalue weighted by Gasteiger charge is -2.28. The number of amides is 1.